The number of hydrogen-bond acceptors (Lipinski definition) is 6. The second kappa shape index (κ2) is 8.91. The third-order valence-corrected chi connectivity index (χ3v) is 3.93. The van der Waals surface area contributed by atoms with Crippen LogP contribution in [0.5, 0.6) is 0 Å². The molecule has 150 valence electrons. The Bertz CT molecular complexity index is 1030. The zero-order valence-electron chi connectivity index (χ0n) is 15.7. The molecule has 1 aromatic carbocycles. The van der Waals surface area contributed by atoms with Crippen molar-refractivity contribution >= 4 is 23.3 Å². The van der Waals surface area contributed by atoms with Crippen LogP contribution in [0.4, 0.5) is 15.9 Å². The minimum atomic E-state index is -0.518. The number of nitrogens with zero attached hydrogens (tertiary/aromatic N) is 4. The lowest BCUT2D eigenvalue weighted by molar-refractivity contribution is 0.0952. The van der Waals surface area contributed by atoms with Crippen LogP contribution in [0.25, 0.3) is 0 Å². The van der Waals surface area contributed by atoms with Crippen molar-refractivity contribution in [1.82, 2.24) is 25.1 Å². The highest BCUT2D eigenvalue weighted by Crippen LogP contribution is 2.14. The molecule has 0 bridgehead atoms. The van der Waals surface area contributed by atoms with Gasteiger partial charge in [-0.25, -0.2) is 14.4 Å². The molecule has 29 heavy (non-hydrogen) atoms. The summed E-state index contributed by atoms with van der Waals surface area (Å²) in [4.78, 5) is 32.0. The minimum Gasteiger partial charge on any atom is -0.382 e. The Morgan fingerprint density at radius 3 is 2.72 bits per heavy atom. The number of carbonyl (C=O) groups excluding carboxylic acids is 2. The average Bonchev–Trinajstić information content (AvgIpc) is 3.12. The van der Waals surface area contributed by atoms with Gasteiger partial charge >= 0.3 is 0 Å². The molecule has 0 fully saturated rings. The van der Waals surface area contributed by atoms with E-state index >= 15 is 0 Å². The Morgan fingerprint density at radius 1 is 1.17 bits per heavy atom. The first kappa shape index (κ1) is 19.9. The first-order valence-corrected chi connectivity index (χ1v) is 8.94. The standard InChI is InChI=1S/C19H20FN7O2/c1-2-3-24-18(28)13-6-12(7-14(20)8-13)10-27-11-15(9-25-27)26-19(29)16-17(21)23-5-4-22-16/h4-9,11H,2-3,10H2,1H3,(H2,21,23)(H,24,28)(H,26,29). The summed E-state index contributed by atoms with van der Waals surface area (Å²) < 4.78 is 15.4. The first-order chi connectivity index (χ1) is 14.0. The second-order valence-corrected chi connectivity index (χ2v) is 6.27. The van der Waals surface area contributed by atoms with E-state index in [9.17, 15) is 14.0 Å². The maximum Gasteiger partial charge on any atom is 0.278 e. The fourth-order valence-corrected chi connectivity index (χ4v) is 2.63. The summed E-state index contributed by atoms with van der Waals surface area (Å²) in [5.41, 5.74) is 6.87. The van der Waals surface area contributed by atoms with Gasteiger partial charge in [0.25, 0.3) is 11.8 Å². The molecular weight excluding hydrogens is 377 g/mol. The molecule has 0 aliphatic heterocycles. The Labute approximate surface area is 166 Å². The van der Waals surface area contributed by atoms with E-state index in [0.29, 0.717) is 17.8 Å². The zero-order chi connectivity index (χ0) is 20.8. The number of nitrogens with one attached hydrogen (secondary N) is 2. The van der Waals surface area contributed by atoms with Crippen molar-refractivity contribution in [3.8, 4) is 0 Å². The molecule has 3 aromatic rings. The van der Waals surface area contributed by atoms with E-state index < -0.39 is 11.7 Å². The molecule has 3 rings (SSSR count). The number of nitrogen functional groups attached to an aromatic ring is 1. The number of halogens is 1. The number of anilines is 2. The number of benzene rings is 1. The van der Waals surface area contributed by atoms with Gasteiger partial charge in [-0.1, -0.05) is 6.92 Å². The molecular formula is C19H20FN7O2. The fraction of sp³-hybridized carbons (Fsp3) is 0.211. The third kappa shape index (κ3) is 5.12. The van der Waals surface area contributed by atoms with Crippen LogP contribution in [0.15, 0.2) is 43.0 Å². The maximum absolute atomic E-state index is 13.9. The van der Waals surface area contributed by atoms with Crippen molar-refractivity contribution in [2.75, 3.05) is 17.6 Å². The maximum atomic E-state index is 13.9. The topological polar surface area (TPSA) is 128 Å². The molecule has 0 radical (unpaired) electrons. The average molecular weight is 397 g/mol. The number of nitrogens with two attached hydrogens (primary N) is 1. The third-order valence-electron chi connectivity index (χ3n) is 3.93. The predicted molar refractivity (Wildman–Crippen MR) is 105 cm³/mol. The van der Waals surface area contributed by atoms with Gasteiger partial charge in [-0.15, -0.1) is 0 Å². The quantitative estimate of drug-likeness (QED) is 0.558. The Hall–Kier alpha value is -3.82. The summed E-state index contributed by atoms with van der Waals surface area (Å²) in [5, 5.41) is 9.49. The van der Waals surface area contributed by atoms with E-state index in [0.717, 1.165) is 6.42 Å². The van der Waals surface area contributed by atoms with Gasteiger partial charge in [-0.05, 0) is 30.2 Å². The normalized spacial score (nSPS) is 10.6. The molecule has 0 unspecified atom stereocenters. The number of hydrogen-bond donors (Lipinski definition) is 3. The molecule has 9 nitrogen and oxygen atoms in total. The van der Waals surface area contributed by atoms with Gasteiger partial charge in [-0.2, -0.15) is 5.10 Å². The van der Waals surface area contributed by atoms with Crippen LogP contribution >= 0.6 is 0 Å². The van der Waals surface area contributed by atoms with Gasteiger partial charge in [0.2, 0.25) is 0 Å². The van der Waals surface area contributed by atoms with Gasteiger partial charge in [0.15, 0.2) is 11.5 Å². The molecule has 0 spiro atoms. The van der Waals surface area contributed by atoms with Crippen LogP contribution in [-0.2, 0) is 6.54 Å². The minimum absolute atomic E-state index is 0.00751. The summed E-state index contributed by atoms with van der Waals surface area (Å²) in [6.45, 7) is 2.67. The highest BCUT2D eigenvalue weighted by atomic mass is 19.1. The Balaban J connectivity index is 1.70. The molecule has 0 atom stereocenters. The van der Waals surface area contributed by atoms with Gasteiger partial charge < -0.3 is 16.4 Å². The summed E-state index contributed by atoms with van der Waals surface area (Å²) in [6.07, 6.45) is 6.56. The SMILES string of the molecule is CCCNC(=O)c1cc(F)cc(Cn2cc(NC(=O)c3nccnc3N)cn2)c1. The van der Waals surface area contributed by atoms with E-state index in [1.54, 1.807) is 12.3 Å². The molecule has 0 aliphatic carbocycles. The van der Waals surface area contributed by atoms with Gasteiger partial charge in [-0.3, -0.25) is 14.3 Å². The van der Waals surface area contributed by atoms with Crippen LogP contribution in [-0.4, -0.2) is 38.1 Å². The van der Waals surface area contributed by atoms with Crippen LogP contribution in [0.2, 0.25) is 0 Å². The highest BCUT2D eigenvalue weighted by molar-refractivity contribution is 6.05. The van der Waals surface area contributed by atoms with E-state index in [4.69, 9.17) is 5.73 Å². The van der Waals surface area contributed by atoms with Crippen molar-refractivity contribution in [2.45, 2.75) is 19.9 Å². The highest BCUT2D eigenvalue weighted by Gasteiger charge is 2.14. The van der Waals surface area contributed by atoms with Crippen LogP contribution < -0.4 is 16.4 Å². The summed E-state index contributed by atoms with van der Waals surface area (Å²) in [6, 6.07) is 4.12. The molecule has 2 heterocycles. The van der Waals surface area contributed by atoms with E-state index in [1.165, 1.54) is 35.4 Å². The summed E-state index contributed by atoms with van der Waals surface area (Å²) in [5.74, 6) is -1.34. The van der Waals surface area contributed by atoms with Gasteiger partial charge in [0, 0.05) is 30.7 Å². The van der Waals surface area contributed by atoms with E-state index in [1.807, 2.05) is 6.92 Å². The molecule has 2 aromatic heterocycles. The number of rotatable bonds is 7. The lowest BCUT2D eigenvalue weighted by atomic mass is 10.1. The van der Waals surface area contributed by atoms with E-state index in [-0.39, 0.29) is 29.5 Å². The number of amides is 2. The number of carbonyl (C=O) groups is 2. The second-order valence-electron chi connectivity index (χ2n) is 6.27. The summed E-state index contributed by atoms with van der Waals surface area (Å²) in [7, 11) is 0. The Kier molecular flexibility index (Phi) is 6.12. The van der Waals surface area contributed by atoms with Crippen LogP contribution in [0.3, 0.4) is 0 Å². The lowest BCUT2D eigenvalue weighted by Crippen LogP contribution is -2.24. The molecule has 4 N–H and O–H groups in total. The smallest absolute Gasteiger partial charge is 0.278 e. The monoisotopic (exact) mass is 397 g/mol. The van der Waals surface area contributed by atoms with E-state index in [2.05, 4.69) is 25.7 Å². The van der Waals surface area contributed by atoms with Crippen LogP contribution in [0.1, 0.15) is 39.8 Å². The molecule has 0 saturated carbocycles. The molecule has 0 aliphatic rings. The molecule has 0 saturated heterocycles. The zero-order valence-corrected chi connectivity index (χ0v) is 15.7. The van der Waals surface area contributed by atoms with Gasteiger partial charge in [0.05, 0.1) is 18.4 Å². The van der Waals surface area contributed by atoms with Crippen molar-refractivity contribution in [3.05, 3.63) is 65.6 Å². The lowest BCUT2D eigenvalue weighted by Gasteiger charge is -2.07. The van der Waals surface area contributed by atoms with Crippen LogP contribution in [0, 0.1) is 5.82 Å². The van der Waals surface area contributed by atoms with Crippen molar-refractivity contribution < 1.29 is 14.0 Å². The number of aromatic nitrogens is 4. The van der Waals surface area contributed by atoms with Crippen molar-refractivity contribution in [2.24, 2.45) is 0 Å². The molecule has 10 heteroatoms. The van der Waals surface area contributed by atoms with Gasteiger partial charge in [0.1, 0.15) is 5.82 Å². The fourth-order valence-electron chi connectivity index (χ4n) is 2.63. The molecule has 2 amide bonds. The largest absolute Gasteiger partial charge is 0.382 e. The first-order valence-electron chi connectivity index (χ1n) is 8.94. The van der Waals surface area contributed by atoms with Crippen molar-refractivity contribution in [1.29, 1.82) is 0 Å². The van der Waals surface area contributed by atoms with Crippen molar-refractivity contribution in [3.63, 3.8) is 0 Å². The Morgan fingerprint density at radius 2 is 1.97 bits per heavy atom. The predicted octanol–water partition coefficient (Wildman–Crippen LogP) is 1.83. The summed E-state index contributed by atoms with van der Waals surface area (Å²) >= 11 is 0.